The Morgan fingerprint density at radius 3 is 2.65 bits per heavy atom. The summed E-state index contributed by atoms with van der Waals surface area (Å²) in [5.74, 6) is 0.874. The zero-order chi connectivity index (χ0) is 11.9. The van der Waals surface area contributed by atoms with E-state index in [0.717, 1.165) is 18.6 Å². The maximum Gasteiger partial charge on any atom is 0.0590 e. The minimum absolute atomic E-state index is 0.540. The minimum Gasteiger partial charge on any atom is -0.378 e. The predicted molar refractivity (Wildman–Crippen MR) is 72.2 cm³/mol. The van der Waals surface area contributed by atoms with Crippen molar-refractivity contribution in [2.75, 3.05) is 13.2 Å². The van der Waals surface area contributed by atoms with Crippen LogP contribution >= 0.6 is 0 Å². The van der Waals surface area contributed by atoms with Crippen molar-refractivity contribution in [3.05, 3.63) is 0 Å². The zero-order valence-corrected chi connectivity index (χ0v) is 11.4. The van der Waals surface area contributed by atoms with Crippen LogP contribution in [0.5, 0.6) is 0 Å². The lowest BCUT2D eigenvalue weighted by Gasteiger charge is -2.30. The van der Waals surface area contributed by atoms with Gasteiger partial charge in [-0.1, -0.05) is 19.8 Å². The molecule has 2 fully saturated rings. The highest BCUT2D eigenvalue weighted by Gasteiger charge is 2.23. The van der Waals surface area contributed by atoms with E-state index in [2.05, 4.69) is 12.2 Å². The third-order valence-electron chi connectivity index (χ3n) is 4.35. The molecule has 2 saturated carbocycles. The van der Waals surface area contributed by atoms with Crippen molar-refractivity contribution >= 4 is 0 Å². The molecule has 2 heteroatoms. The molecule has 2 atom stereocenters. The lowest BCUT2D eigenvalue weighted by molar-refractivity contribution is 0.00152. The van der Waals surface area contributed by atoms with Crippen molar-refractivity contribution < 1.29 is 4.74 Å². The van der Waals surface area contributed by atoms with Gasteiger partial charge in [0.25, 0.3) is 0 Å². The van der Waals surface area contributed by atoms with Crippen LogP contribution in [-0.4, -0.2) is 25.3 Å². The van der Waals surface area contributed by atoms with Crippen LogP contribution in [0.25, 0.3) is 0 Å². The van der Waals surface area contributed by atoms with E-state index >= 15 is 0 Å². The van der Waals surface area contributed by atoms with Crippen LogP contribution in [0.3, 0.4) is 0 Å². The highest BCUT2D eigenvalue weighted by atomic mass is 16.5. The van der Waals surface area contributed by atoms with Gasteiger partial charge < -0.3 is 10.1 Å². The normalized spacial score (nSPS) is 30.9. The molecule has 2 rings (SSSR count). The molecule has 2 aliphatic rings. The van der Waals surface area contributed by atoms with Crippen molar-refractivity contribution in [3.8, 4) is 0 Å². The van der Waals surface area contributed by atoms with Gasteiger partial charge in [0.2, 0.25) is 0 Å². The Bertz CT molecular complexity index is 201. The van der Waals surface area contributed by atoms with Gasteiger partial charge in [-0.15, -0.1) is 0 Å². The van der Waals surface area contributed by atoms with Crippen LogP contribution in [0, 0.1) is 5.92 Å². The van der Waals surface area contributed by atoms with Crippen molar-refractivity contribution in [2.45, 2.75) is 76.9 Å². The van der Waals surface area contributed by atoms with Gasteiger partial charge >= 0.3 is 0 Å². The Morgan fingerprint density at radius 2 is 1.88 bits per heavy atom. The first-order valence-electron chi connectivity index (χ1n) is 7.73. The molecule has 2 aliphatic carbocycles. The summed E-state index contributed by atoms with van der Waals surface area (Å²) < 4.78 is 6.14. The third-order valence-corrected chi connectivity index (χ3v) is 4.35. The molecule has 1 N–H and O–H groups in total. The number of nitrogens with one attached hydrogen (secondary N) is 1. The van der Waals surface area contributed by atoms with Gasteiger partial charge in [-0.05, 0) is 57.4 Å². The number of hydrogen-bond donors (Lipinski definition) is 1. The summed E-state index contributed by atoms with van der Waals surface area (Å²) in [5, 5.41) is 3.65. The topological polar surface area (TPSA) is 21.3 Å². The molecular formula is C15H29NO. The first-order chi connectivity index (χ1) is 8.38. The minimum atomic E-state index is 0.540. The molecule has 0 radical (unpaired) electrons. The summed E-state index contributed by atoms with van der Waals surface area (Å²) in [6.45, 7) is 4.44. The molecule has 0 aromatic carbocycles. The van der Waals surface area contributed by atoms with Crippen LogP contribution in [0.4, 0.5) is 0 Å². The van der Waals surface area contributed by atoms with E-state index in [9.17, 15) is 0 Å². The number of ether oxygens (including phenoxy) is 1. The lowest BCUT2D eigenvalue weighted by atomic mass is 9.92. The van der Waals surface area contributed by atoms with Crippen molar-refractivity contribution in [2.24, 2.45) is 5.92 Å². The first-order valence-corrected chi connectivity index (χ1v) is 7.73. The number of hydrogen-bond acceptors (Lipinski definition) is 2. The second-order valence-electron chi connectivity index (χ2n) is 5.92. The van der Waals surface area contributed by atoms with Crippen LogP contribution in [-0.2, 0) is 4.74 Å². The fourth-order valence-electron chi connectivity index (χ4n) is 3.28. The predicted octanol–water partition coefficient (Wildman–Crippen LogP) is 3.50. The average Bonchev–Trinajstić information content (AvgIpc) is 2.87. The zero-order valence-electron chi connectivity index (χ0n) is 11.4. The van der Waals surface area contributed by atoms with Gasteiger partial charge in [-0.25, -0.2) is 0 Å². The SMILES string of the molecule is CCCNC1CCCC(OCC2CCCC2)C1. The third kappa shape index (κ3) is 4.59. The Morgan fingerprint density at radius 1 is 1.06 bits per heavy atom. The van der Waals surface area contributed by atoms with Crippen molar-refractivity contribution in [1.82, 2.24) is 5.32 Å². The summed E-state index contributed by atoms with van der Waals surface area (Å²) in [6.07, 6.45) is 12.7. The Labute approximate surface area is 107 Å². The second kappa shape index (κ2) is 7.38. The van der Waals surface area contributed by atoms with Gasteiger partial charge in [0, 0.05) is 12.6 Å². The average molecular weight is 239 g/mol. The summed E-state index contributed by atoms with van der Waals surface area (Å²) in [7, 11) is 0. The Kier molecular flexibility index (Phi) is 5.79. The molecule has 0 aliphatic heterocycles. The lowest BCUT2D eigenvalue weighted by Crippen LogP contribution is -2.37. The van der Waals surface area contributed by atoms with Gasteiger partial charge in [0.15, 0.2) is 0 Å². The highest BCUT2D eigenvalue weighted by Crippen LogP contribution is 2.27. The quantitative estimate of drug-likeness (QED) is 0.766. The molecule has 2 nitrogen and oxygen atoms in total. The van der Waals surface area contributed by atoms with Gasteiger partial charge in [0.05, 0.1) is 6.10 Å². The van der Waals surface area contributed by atoms with E-state index in [1.807, 2.05) is 0 Å². The highest BCUT2D eigenvalue weighted by molar-refractivity contribution is 4.79. The molecule has 0 aromatic heterocycles. The maximum absolute atomic E-state index is 6.14. The van der Waals surface area contributed by atoms with E-state index in [0.29, 0.717) is 6.10 Å². The molecule has 100 valence electrons. The molecule has 0 spiro atoms. The van der Waals surface area contributed by atoms with E-state index in [1.54, 1.807) is 0 Å². The fraction of sp³-hybridized carbons (Fsp3) is 1.00. The van der Waals surface area contributed by atoms with Gasteiger partial charge in [0.1, 0.15) is 0 Å². The van der Waals surface area contributed by atoms with Crippen LogP contribution in [0.1, 0.15) is 64.7 Å². The fourth-order valence-corrected chi connectivity index (χ4v) is 3.28. The maximum atomic E-state index is 6.14. The van der Waals surface area contributed by atoms with Crippen LogP contribution in [0.2, 0.25) is 0 Å². The summed E-state index contributed by atoms with van der Waals surface area (Å²) >= 11 is 0. The van der Waals surface area contributed by atoms with E-state index in [-0.39, 0.29) is 0 Å². The summed E-state index contributed by atoms with van der Waals surface area (Å²) in [4.78, 5) is 0. The molecule has 0 aromatic rings. The second-order valence-corrected chi connectivity index (χ2v) is 5.92. The molecule has 0 saturated heterocycles. The van der Waals surface area contributed by atoms with Gasteiger partial charge in [-0.3, -0.25) is 0 Å². The van der Waals surface area contributed by atoms with Gasteiger partial charge in [-0.2, -0.15) is 0 Å². The monoisotopic (exact) mass is 239 g/mol. The van der Waals surface area contributed by atoms with Crippen molar-refractivity contribution in [1.29, 1.82) is 0 Å². The van der Waals surface area contributed by atoms with Crippen molar-refractivity contribution in [3.63, 3.8) is 0 Å². The number of rotatable bonds is 6. The summed E-state index contributed by atoms with van der Waals surface area (Å²) in [5.41, 5.74) is 0. The first kappa shape index (κ1) is 13.4. The molecule has 0 amide bonds. The Balaban J connectivity index is 1.62. The Hall–Kier alpha value is -0.0800. The standard InChI is InChI=1S/C15H29NO/c1-2-10-16-14-8-5-9-15(11-14)17-12-13-6-3-4-7-13/h13-16H,2-12H2,1H3. The van der Waals surface area contributed by atoms with Crippen LogP contribution in [0.15, 0.2) is 0 Å². The smallest absolute Gasteiger partial charge is 0.0590 e. The summed E-state index contributed by atoms with van der Waals surface area (Å²) in [6, 6.07) is 0.720. The molecule has 0 heterocycles. The van der Waals surface area contributed by atoms with E-state index in [4.69, 9.17) is 4.74 Å². The van der Waals surface area contributed by atoms with E-state index in [1.165, 1.54) is 64.3 Å². The van der Waals surface area contributed by atoms with E-state index < -0.39 is 0 Å². The molecule has 2 unspecified atom stereocenters. The molecule has 17 heavy (non-hydrogen) atoms. The largest absolute Gasteiger partial charge is 0.378 e. The molecular weight excluding hydrogens is 210 g/mol. The molecule has 0 bridgehead atoms. The van der Waals surface area contributed by atoms with Crippen LogP contribution < -0.4 is 5.32 Å².